The molecule has 0 radical (unpaired) electrons. The van der Waals surface area contributed by atoms with E-state index in [1.165, 1.54) is 24.8 Å². The molecule has 1 aliphatic carbocycles. The first-order chi connectivity index (χ1) is 15.7. The Bertz CT molecular complexity index is 869. The van der Waals surface area contributed by atoms with E-state index in [9.17, 15) is 4.79 Å². The van der Waals surface area contributed by atoms with Gasteiger partial charge in [0, 0.05) is 11.1 Å². The van der Waals surface area contributed by atoms with Crippen molar-refractivity contribution in [1.82, 2.24) is 10.2 Å². The van der Waals surface area contributed by atoms with Gasteiger partial charge in [-0.25, -0.2) is 0 Å². The summed E-state index contributed by atoms with van der Waals surface area (Å²) in [7, 11) is 0. The van der Waals surface area contributed by atoms with E-state index < -0.39 is 6.04 Å². The summed E-state index contributed by atoms with van der Waals surface area (Å²) < 4.78 is 0. The molecule has 4 heteroatoms. The van der Waals surface area contributed by atoms with Crippen molar-refractivity contribution in [3.05, 3.63) is 76.8 Å². The maximum atomic E-state index is 13.4. The minimum Gasteiger partial charge on any atom is -0.352 e. The van der Waals surface area contributed by atoms with Crippen LogP contribution >= 0.6 is 11.6 Å². The Morgan fingerprint density at radius 3 is 2.22 bits per heavy atom. The van der Waals surface area contributed by atoms with Gasteiger partial charge in [-0.3, -0.25) is 9.69 Å². The number of hydrogen-bond donors (Lipinski definition) is 1. The van der Waals surface area contributed by atoms with Crippen LogP contribution in [0, 0.1) is 5.92 Å². The van der Waals surface area contributed by atoms with Gasteiger partial charge in [0.2, 0.25) is 5.91 Å². The van der Waals surface area contributed by atoms with Crippen molar-refractivity contribution in [2.24, 2.45) is 5.92 Å². The first-order valence-corrected chi connectivity index (χ1v) is 12.6. The number of carbonyl (C=O) groups excluding carboxylic acids is 1. The largest absolute Gasteiger partial charge is 0.352 e. The van der Waals surface area contributed by atoms with Gasteiger partial charge in [-0.05, 0) is 68.3 Å². The maximum Gasteiger partial charge on any atom is 0.243 e. The van der Waals surface area contributed by atoms with Crippen LogP contribution in [0.5, 0.6) is 0 Å². The fourth-order valence-electron chi connectivity index (χ4n) is 5.14. The second kappa shape index (κ2) is 11.7. The normalized spacial score (nSPS) is 20.1. The van der Waals surface area contributed by atoms with Crippen molar-refractivity contribution in [1.29, 1.82) is 0 Å². The Balaban J connectivity index is 1.44. The molecule has 1 aliphatic heterocycles. The number of amides is 1. The molecule has 1 amide bonds. The Morgan fingerprint density at radius 2 is 1.56 bits per heavy atom. The van der Waals surface area contributed by atoms with Crippen LogP contribution in [0.15, 0.2) is 65.7 Å². The molecule has 1 heterocycles. The van der Waals surface area contributed by atoms with Gasteiger partial charge in [0.15, 0.2) is 0 Å². The summed E-state index contributed by atoms with van der Waals surface area (Å²) in [6.45, 7) is 1.80. The van der Waals surface area contributed by atoms with E-state index in [1.54, 1.807) is 0 Å². The third kappa shape index (κ3) is 6.46. The van der Waals surface area contributed by atoms with Crippen molar-refractivity contribution in [3.63, 3.8) is 0 Å². The lowest BCUT2D eigenvalue weighted by Gasteiger charge is -2.37. The van der Waals surface area contributed by atoms with E-state index in [0.717, 1.165) is 50.8 Å². The number of halogens is 1. The highest BCUT2D eigenvalue weighted by Crippen LogP contribution is 2.28. The smallest absolute Gasteiger partial charge is 0.243 e. The van der Waals surface area contributed by atoms with Crippen LogP contribution in [0.1, 0.15) is 56.1 Å². The second-order valence-electron chi connectivity index (χ2n) is 9.36. The third-order valence-electron chi connectivity index (χ3n) is 6.95. The summed E-state index contributed by atoms with van der Waals surface area (Å²) in [5.74, 6) is 0.725. The Hall–Kier alpha value is -2.10. The molecule has 2 aromatic rings. The van der Waals surface area contributed by atoms with Gasteiger partial charge in [-0.2, -0.15) is 0 Å². The Labute approximate surface area is 197 Å². The average molecular weight is 451 g/mol. The van der Waals surface area contributed by atoms with Crippen LogP contribution in [-0.4, -0.2) is 36.0 Å². The van der Waals surface area contributed by atoms with Crippen molar-refractivity contribution in [2.75, 3.05) is 13.1 Å². The lowest BCUT2D eigenvalue weighted by Crippen LogP contribution is -2.52. The number of hydrogen-bond acceptors (Lipinski definition) is 2. The molecule has 1 saturated heterocycles. The van der Waals surface area contributed by atoms with E-state index in [1.807, 2.05) is 36.4 Å². The van der Waals surface area contributed by atoms with Crippen molar-refractivity contribution in [2.45, 2.75) is 63.5 Å². The van der Waals surface area contributed by atoms with Gasteiger partial charge in [0.25, 0.3) is 0 Å². The summed E-state index contributed by atoms with van der Waals surface area (Å²) in [6.07, 6.45) is 11.1. The lowest BCUT2D eigenvalue weighted by molar-refractivity contribution is -0.126. The highest BCUT2D eigenvalue weighted by Gasteiger charge is 2.33. The number of piperidine rings is 1. The molecular formula is C28H35ClN2O. The van der Waals surface area contributed by atoms with E-state index >= 15 is 0 Å². The number of rotatable bonds is 7. The first-order valence-electron chi connectivity index (χ1n) is 12.2. The van der Waals surface area contributed by atoms with Crippen molar-refractivity contribution >= 4 is 23.6 Å². The zero-order valence-electron chi connectivity index (χ0n) is 18.9. The first kappa shape index (κ1) is 23.1. The topological polar surface area (TPSA) is 32.3 Å². The Kier molecular flexibility index (Phi) is 8.42. The number of benzene rings is 2. The number of nitrogens with one attached hydrogen (secondary N) is 1. The van der Waals surface area contributed by atoms with Gasteiger partial charge >= 0.3 is 0 Å². The molecule has 2 fully saturated rings. The van der Waals surface area contributed by atoms with E-state index in [2.05, 4.69) is 40.5 Å². The predicted molar refractivity (Wildman–Crippen MR) is 134 cm³/mol. The van der Waals surface area contributed by atoms with Crippen molar-refractivity contribution < 1.29 is 4.79 Å². The molecule has 0 aromatic heterocycles. The van der Waals surface area contributed by atoms with Gasteiger partial charge in [0.05, 0.1) is 0 Å². The van der Waals surface area contributed by atoms with Crippen molar-refractivity contribution in [3.8, 4) is 0 Å². The van der Waals surface area contributed by atoms with Gasteiger partial charge in [-0.15, -0.1) is 0 Å². The standard InChI is InChI=1S/C28H35ClN2O/c29-26(21-23-12-6-2-7-13-23)27(28(32)30-25-14-8-3-9-15-25)31-18-16-24(17-19-31)20-22-10-4-1-5-11-22/h1-2,4-7,10-13,21,24-25,27H,3,8-9,14-20H2,(H,30,32)/b26-21-/t27-/m0/s1. The quantitative estimate of drug-likeness (QED) is 0.557. The molecule has 4 rings (SSSR count). The molecule has 2 aliphatic rings. The van der Waals surface area contributed by atoms with Crippen LogP contribution in [0.2, 0.25) is 0 Å². The van der Waals surface area contributed by atoms with Crippen LogP contribution < -0.4 is 5.32 Å². The van der Waals surface area contributed by atoms with E-state index in [-0.39, 0.29) is 11.9 Å². The third-order valence-corrected chi connectivity index (χ3v) is 7.26. The van der Waals surface area contributed by atoms with Crippen LogP contribution in [0.4, 0.5) is 0 Å². The highest BCUT2D eigenvalue weighted by atomic mass is 35.5. The molecule has 0 unspecified atom stereocenters. The SMILES string of the molecule is O=C(NC1CCCCC1)[C@H](/C(Cl)=C/c1ccccc1)N1CCC(Cc2ccccc2)CC1. The zero-order valence-corrected chi connectivity index (χ0v) is 19.6. The average Bonchev–Trinajstić information content (AvgIpc) is 2.82. The summed E-state index contributed by atoms with van der Waals surface area (Å²) in [5, 5.41) is 3.94. The predicted octanol–water partition coefficient (Wildman–Crippen LogP) is 6.04. The minimum atomic E-state index is -0.406. The van der Waals surface area contributed by atoms with Crippen LogP contribution in [0.25, 0.3) is 6.08 Å². The summed E-state index contributed by atoms with van der Waals surface area (Å²) in [6, 6.07) is 20.7. The maximum absolute atomic E-state index is 13.4. The molecular weight excluding hydrogens is 416 g/mol. The molecule has 2 aromatic carbocycles. The molecule has 0 spiro atoms. The fourth-order valence-corrected chi connectivity index (χ4v) is 5.51. The van der Waals surface area contributed by atoms with Gasteiger partial charge in [0.1, 0.15) is 6.04 Å². The molecule has 170 valence electrons. The second-order valence-corrected chi connectivity index (χ2v) is 9.79. The molecule has 32 heavy (non-hydrogen) atoms. The fraction of sp³-hybridized carbons (Fsp3) is 0.464. The van der Waals surface area contributed by atoms with Crippen LogP contribution in [-0.2, 0) is 11.2 Å². The summed E-state index contributed by atoms with van der Waals surface area (Å²) in [5.41, 5.74) is 2.44. The van der Waals surface area contributed by atoms with Crippen LogP contribution in [0.3, 0.4) is 0 Å². The van der Waals surface area contributed by atoms with E-state index in [0.29, 0.717) is 11.0 Å². The minimum absolute atomic E-state index is 0.0654. The monoisotopic (exact) mass is 450 g/mol. The molecule has 1 N–H and O–H groups in total. The van der Waals surface area contributed by atoms with Gasteiger partial charge in [-0.1, -0.05) is 91.5 Å². The molecule has 1 atom stereocenters. The lowest BCUT2D eigenvalue weighted by atomic mass is 9.89. The highest BCUT2D eigenvalue weighted by molar-refractivity contribution is 6.34. The number of carbonyl (C=O) groups is 1. The van der Waals surface area contributed by atoms with E-state index in [4.69, 9.17) is 11.6 Å². The number of nitrogens with zero attached hydrogens (tertiary/aromatic N) is 1. The molecule has 0 bridgehead atoms. The molecule has 3 nitrogen and oxygen atoms in total. The number of likely N-dealkylation sites (tertiary alicyclic amines) is 1. The summed E-state index contributed by atoms with van der Waals surface area (Å²) in [4.78, 5) is 15.7. The summed E-state index contributed by atoms with van der Waals surface area (Å²) >= 11 is 6.85. The van der Waals surface area contributed by atoms with Gasteiger partial charge < -0.3 is 5.32 Å². The molecule has 1 saturated carbocycles. The zero-order chi connectivity index (χ0) is 22.2. The Morgan fingerprint density at radius 1 is 0.938 bits per heavy atom.